The number of anilines is 2. The molecule has 4 atom stereocenters. The first kappa shape index (κ1) is 22.3. The van der Waals surface area contributed by atoms with Crippen molar-refractivity contribution in [2.24, 2.45) is 5.92 Å². The van der Waals surface area contributed by atoms with E-state index in [9.17, 15) is 9.59 Å². The maximum atomic E-state index is 13.0. The molecular weight excluding hydrogens is 402 g/mol. The van der Waals surface area contributed by atoms with E-state index in [2.05, 4.69) is 34.8 Å². The molecule has 3 N–H and O–H groups in total. The summed E-state index contributed by atoms with van der Waals surface area (Å²) in [5.41, 5.74) is 3.38. The van der Waals surface area contributed by atoms with Crippen LogP contribution < -0.4 is 20.9 Å². The van der Waals surface area contributed by atoms with Crippen molar-refractivity contribution in [2.45, 2.75) is 58.7 Å². The van der Waals surface area contributed by atoms with Gasteiger partial charge in [-0.2, -0.15) is 0 Å². The summed E-state index contributed by atoms with van der Waals surface area (Å²) in [7, 11) is 0. The number of pyridine rings is 1. The molecule has 2 aromatic rings. The van der Waals surface area contributed by atoms with Crippen LogP contribution in [0.15, 0.2) is 36.4 Å². The number of amides is 2. The largest absolute Gasteiger partial charge is 0.363 e. The summed E-state index contributed by atoms with van der Waals surface area (Å²) in [6.07, 6.45) is 1.78. The minimum absolute atomic E-state index is 0.0197. The van der Waals surface area contributed by atoms with Gasteiger partial charge in [0, 0.05) is 48.4 Å². The maximum Gasteiger partial charge on any atom is 0.251 e. The first-order chi connectivity index (χ1) is 15.4. The highest BCUT2D eigenvalue weighted by Crippen LogP contribution is 2.43. The molecule has 4 rings (SSSR count). The van der Waals surface area contributed by atoms with Gasteiger partial charge in [0.2, 0.25) is 5.91 Å². The molecule has 2 aliphatic rings. The third-order valence-corrected chi connectivity index (χ3v) is 6.69. The fraction of sp³-hybridized carbons (Fsp3) is 0.480. The lowest BCUT2D eigenvalue weighted by molar-refractivity contribution is -0.117. The summed E-state index contributed by atoms with van der Waals surface area (Å²) < 4.78 is 0. The summed E-state index contributed by atoms with van der Waals surface area (Å²) >= 11 is 0. The van der Waals surface area contributed by atoms with E-state index in [0.717, 1.165) is 48.7 Å². The van der Waals surface area contributed by atoms with E-state index in [0.29, 0.717) is 5.56 Å². The molecule has 1 fully saturated rings. The van der Waals surface area contributed by atoms with Crippen LogP contribution in [0.4, 0.5) is 11.5 Å². The van der Waals surface area contributed by atoms with Crippen LogP contribution in [0.5, 0.6) is 0 Å². The number of aryl methyl sites for hydroxylation is 1. The second-order valence-electron chi connectivity index (χ2n) is 8.95. The van der Waals surface area contributed by atoms with E-state index in [-0.39, 0.29) is 35.9 Å². The molecule has 1 aromatic carbocycles. The van der Waals surface area contributed by atoms with Crippen LogP contribution >= 0.6 is 0 Å². The standard InChI is InChI=1S/C25H33N5O2/c1-5-21-16(3)24(29-23-8-6-7-15(2)27-23)20-13-18(9-10-22(20)30(21)17(4)31)25(32)28-19-11-12-26-14-19/h6-10,13,16,19,21,24,26H,5,11-12,14H2,1-4H3,(H,27,29)(H,28,32)/t16?,19?,21-,24?/m0/s1. The molecule has 2 aliphatic heterocycles. The van der Waals surface area contributed by atoms with Crippen LogP contribution in [0.3, 0.4) is 0 Å². The topological polar surface area (TPSA) is 86.4 Å². The Morgan fingerprint density at radius 1 is 1.25 bits per heavy atom. The van der Waals surface area contributed by atoms with Crippen LogP contribution in [0.25, 0.3) is 0 Å². The lowest BCUT2D eigenvalue weighted by atomic mass is 9.80. The van der Waals surface area contributed by atoms with Gasteiger partial charge in [0.25, 0.3) is 5.91 Å². The van der Waals surface area contributed by atoms with Gasteiger partial charge in [-0.25, -0.2) is 4.98 Å². The normalized spacial score (nSPS) is 24.7. The van der Waals surface area contributed by atoms with Crippen molar-refractivity contribution >= 4 is 23.3 Å². The predicted octanol–water partition coefficient (Wildman–Crippen LogP) is 3.42. The summed E-state index contributed by atoms with van der Waals surface area (Å²) in [6, 6.07) is 11.8. The molecule has 2 amide bonds. The summed E-state index contributed by atoms with van der Waals surface area (Å²) in [6.45, 7) is 9.58. The molecule has 7 nitrogen and oxygen atoms in total. The van der Waals surface area contributed by atoms with E-state index in [1.807, 2.05) is 48.2 Å². The molecule has 3 heterocycles. The van der Waals surface area contributed by atoms with Crippen LogP contribution in [-0.2, 0) is 4.79 Å². The number of fused-ring (bicyclic) bond motifs is 1. The van der Waals surface area contributed by atoms with E-state index < -0.39 is 0 Å². The Balaban J connectivity index is 1.73. The van der Waals surface area contributed by atoms with Gasteiger partial charge in [-0.15, -0.1) is 0 Å². The Labute approximate surface area is 190 Å². The van der Waals surface area contributed by atoms with Crippen molar-refractivity contribution < 1.29 is 9.59 Å². The zero-order valence-corrected chi connectivity index (χ0v) is 19.3. The van der Waals surface area contributed by atoms with Crippen molar-refractivity contribution in [3.05, 3.63) is 53.2 Å². The maximum absolute atomic E-state index is 13.0. The molecule has 1 saturated heterocycles. The first-order valence-electron chi connectivity index (χ1n) is 11.5. The Hall–Kier alpha value is -2.93. The lowest BCUT2D eigenvalue weighted by Gasteiger charge is -2.45. The second-order valence-corrected chi connectivity index (χ2v) is 8.95. The van der Waals surface area contributed by atoms with Crippen molar-refractivity contribution in [2.75, 3.05) is 23.3 Å². The average Bonchev–Trinajstić information content (AvgIpc) is 3.27. The number of aromatic nitrogens is 1. The van der Waals surface area contributed by atoms with Gasteiger partial charge >= 0.3 is 0 Å². The molecule has 0 spiro atoms. The molecule has 1 aromatic heterocycles. The van der Waals surface area contributed by atoms with Crippen LogP contribution in [-0.4, -0.2) is 42.0 Å². The van der Waals surface area contributed by atoms with E-state index >= 15 is 0 Å². The van der Waals surface area contributed by atoms with Crippen molar-refractivity contribution in [3.63, 3.8) is 0 Å². The van der Waals surface area contributed by atoms with Gasteiger partial charge in [-0.1, -0.05) is 19.9 Å². The van der Waals surface area contributed by atoms with E-state index in [1.165, 1.54) is 0 Å². The van der Waals surface area contributed by atoms with E-state index in [1.54, 1.807) is 6.92 Å². The Bertz CT molecular complexity index is 1000. The number of benzene rings is 1. The highest BCUT2D eigenvalue weighted by Gasteiger charge is 2.40. The molecule has 3 unspecified atom stereocenters. The molecule has 7 heteroatoms. The second kappa shape index (κ2) is 9.28. The Kier molecular flexibility index (Phi) is 6.46. The van der Waals surface area contributed by atoms with Gasteiger partial charge < -0.3 is 20.9 Å². The smallest absolute Gasteiger partial charge is 0.251 e. The quantitative estimate of drug-likeness (QED) is 0.670. The number of nitrogens with zero attached hydrogens (tertiary/aromatic N) is 2. The Morgan fingerprint density at radius 3 is 2.72 bits per heavy atom. The van der Waals surface area contributed by atoms with Gasteiger partial charge in [-0.05, 0) is 62.2 Å². The summed E-state index contributed by atoms with van der Waals surface area (Å²) in [5.74, 6) is 0.877. The van der Waals surface area contributed by atoms with Gasteiger partial charge in [0.15, 0.2) is 0 Å². The first-order valence-corrected chi connectivity index (χ1v) is 11.5. The number of rotatable bonds is 5. The minimum atomic E-state index is -0.0754. The number of nitrogens with one attached hydrogen (secondary N) is 3. The summed E-state index contributed by atoms with van der Waals surface area (Å²) in [4.78, 5) is 32.1. The molecule has 32 heavy (non-hydrogen) atoms. The summed E-state index contributed by atoms with van der Waals surface area (Å²) in [5, 5.41) is 10.0. The molecule has 0 radical (unpaired) electrons. The fourth-order valence-electron chi connectivity index (χ4n) is 5.08. The van der Waals surface area contributed by atoms with Gasteiger partial charge in [0.1, 0.15) is 5.82 Å². The van der Waals surface area contributed by atoms with Crippen LogP contribution in [0.2, 0.25) is 0 Å². The minimum Gasteiger partial charge on any atom is -0.363 e. The SMILES string of the molecule is CC[C@H]1C(C)C(Nc2cccc(C)n2)c2cc(C(=O)NC3CCNC3)ccc2N1C(C)=O. The predicted molar refractivity (Wildman–Crippen MR) is 127 cm³/mol. The van der Waals surface area contributed by atoms with E-state index in [4.69, 9.17) is 0 Å². The van der Waals surface area contributed by atoms with Crippen molar-refractivity contribution in [1.29, 1.82) is 0 Å². The zero-order valence-electron chi connectivity index (χ0n) is 19.3. The number of hydrogen-bond donors (Lipinski definition) is 3. The lowest BCUT2D eigenvalue weighted by Crippen LogP contribution is -2.49. The molecule has 0 saturated carbocycles. The van der Waals surface area contributed by atoms with Gasteiger partial charge in [-0.3, -0.25) is 9.59 Å². The van der Waals surface area contributed by atoms with Crippen LogP contribution in [0.1, 0.15) is 61.3 Å². The van der Waals surface area contributed by atoms with Gasteiger partial charge in [0.05, 0.1) is 6.04 Å². The zero-order chi connectivity index (χ0) is 22.8. The monoisotopic (exact) mass is 435 g/mol. The average molecular weight is 436 g/mol. The highest BCUT2D eigenvalue weighted by molar-refractivity contribution is 5.98. The third kappa shape index (κ3) is 4.35. The number of hydrogen-bond acceptors (Lipinski definition) is 5. The van der Waals surface area contributed by atoms with Crippen LogP contribution in [0, 0.1) is 12.8 Å². The third-order valence-electron chi connectivity index (χ3n) is 6.69. The molecule has 170 valence electrons. The van der Waals surface area contributed by atoms with Crippen molar-refractivity contribution in [1.82, 2.24) is 15.6 Å². The van der Waals surface area contributed by atoms with Crippen molar-refractivity contribution in [3.8, 4) is 0 Å². The molecule has 0 aliphatic carbocycles. The molecular formula is C25H33N5O2. The number of carbonyl (C=O) groups excluding carboxylic acids is 2. The Morgan fingerprint density at radius 2 is 2.06 bits per heavy atom. The number of carbonyl (C=O) groups is 2. The molecule has 0 bridgehead atoms. The highest BCUT2D eigenvalue weighted by atomic mass is 16.2. The fourth-order valence-corrected chi connectivity index (χ4v) is 5.08.